The number of rotatable bonds is 12. The van der Waals surface area contributed by atoms with E-state index in [0.29, 0.717) is 19.0 Å². The molecule has 1 aromatic heterocycles. The molecule has 2 atom stereocenters. The normalized spacial score (nSPS) is 17.2. The molecular formula is C28H33N3O6. The van der Waals surface area contributed by atoms with Gasteiger partial charge in [0.2, 0.25) is 11.8 Å². The second-order valence-corrected chi connectivity index (χ2v) is 8.95. The predicted octanol–water partition coefficient (Wildman–Crippen LogP) is 4.20. The average molecular weight is 508 g/mol. The van der Waals surface area contributed by atoms with Crippen molar-refractivity contribution in [1.29, 1.82) is 0 Å². The quantitative estimate of drug-likeness (QED) is 0.378. The number of hydrogen-bond acceptors (Lipinski definition) is 6. The minimum absolute atomic E-state index is 0.0871. The third-order valence-electron chi connectivity index (χ3n) is 6.26. The van der Waals surface area contributed by atoms with Gasteiger partial charge in [-0.05, 0) is 31.4 Å². The molecule has 1 aliphatic carbocycles. The largest absolute Gasteiger partial charge is 0.493 e. The summed E-state index contributed by atoms with van der Waals surface area (Å²) < 4.78 is 19.0. The lowest BCUT2D eigenvalue weighted by Crippen LogP contribution is -2.47. The number of carboxylic acid groups (broad SMARTS) is 1. The van der Waals surface area contributed by atoms with E-state index >= 15 is 0 Å². The van der Waals surface area contributed by atoms with E-state index in [-0.39, 0.29) is 42.8 Å². The molecule has 2 unspecified atom stereocenters. The van der Waals surface area contributed by atoms with Gasteiger partial charge in [-0.15, -0.1) is 0 Å². The molecule has 0 saturated heterocycles. The molecule has 1 saturated carbocycles. The van der Waals surface area contributed by atoms with Crippen molar-refractivity contribution >= 4 is 11.9 Å². The fraction of sp³-hybridized carbons (Fsp3) is 0.393. The number of ether oxygens (including phenoxy) is 3. The molecule has 4 rings (SSSR count). The van der Waals surface area contributed by atoms with Gasteiger partial charge in [0.15, 0.2) is 5.69 Å². The van der Waals surface area contributed by atoms with E-state index in [1.165, 1.54) is 10.7 Å². The summed E-state index contributed by atoms with van der Waals surface area (Å²) in [4.78, 5) is 24.5. The van der Waals surface area contributed by atoms with Crippen LogP contribution < -0.4 is 14.8 Å². The fourth-order valence-corrected chi connectivity index (χ4v) is 4.43. The van der Waals surface area contributed by atoms with Crippen LogP contribution in [0.15, 0.2) is 60.7 Å². The van der Waals surface area contributed by atoms with E-state index in [1.807, 2.05) is 61.5 Å². The standard InChI is InChI=1S/C28H33N3O6/c1-2-35-24-14-8-6-12-21(24)19-37-27-16-23(28(33)34)30-31(27)17-26(32)29-22-13-7-9-15-25(22)36-18-20-10-4-3-5-11-20/h3-6,8,10-12,14,16,22,25H,2,7,9,13,15,17-19H2,1H3,(H,29,32)(H,33,34). The van der Waals surface area contributed by atoms with Crippen LogP contribution in [0.1, 0.15) is 54.2 Å². The first-order chi connectivity index (χ1) is 18.0. The van der Waals surface area contributed by atoms with Crippen molar-refractivity contribution in [2.45, 2.75) is 64.5 Å². The van der Waals surface area contributed by atoms with Crippen LogP contribution in [0.3, 0.4) is 0 Å². The monoisotopic (exact) mass is 507 g/mol. The van der Waals surface area contributed by atoms with Crippen LogP contribution in [0.4, 0.5) is 0 Å². The summed E-state index contributed by atoms with van der Waals surface area (Å²) in [7, 11) is 0. The van der Waals surface area contributed by atoms with Crippen molar-refractivity contribution in [2.75, 3.05) is 6.61 Å². The molecule has 9 nitrogen and oxygen atoms in total. The maximum Gasteiger partial charge on any atom is 0.356 e. The van der Waals surface area contributed by atoms with Crippen LogP contribution in [-0.2, 0) is 29.3 Å². The Morgan fingerprint density at radius 1 is 1.03 bits per heavy atom. The van der Waals surface area contributed by atoms with Gasteiger partial charge in [-0.3, -0.25) is 4.79 Å². The van der Waals surface area contributed by atoms with Gasteiger partial charge < -0.3 is 24.6 Å². The SMILES string of the molecule is CCOc1ccccc1COc1cc(C(=O)O)nn1CC(=O)NC1CCCCC1OCc1ccccc1. The van der Waals surface area contributed by atoms with Crippen molar-refractivity contribution in [2.24, 2.45) is 0 Å². The number of para-hydroxylation sites is 1. The van der Waals surface area contributed by atoms with E-state index in [1.54, 1.807) is 0 Å². The number of carbonyl (C=O) groups is 2. The van der Waals surface area contributed by atoms with Crippen LogP contribution >= 0.6 is 0 Å². The van der Waals surface area contributed by atoms with E-state index in [9.17, 15) is 14.7 Å². The molecule has 2 aromatic carbocycles. The minimum atomic E-state index is -1.19. The molecule has 0 bridgehead atoms. The van der Waals surface area contributed by atoms with Gasteiger partial charge >= 0.3 is 5.97 Å². The molecule has 0 radical (unpaired) electrons. The highest BCUT2D eigenvalue weighted by Gasteiger charge is 2.28. The van der Waals surface area contributed by atoms with Crippen molar-refractivity contribution < 1.29 is 28.9 Å². The molecule has 0 aliphatic heterocycles. The Balaban J connectivity index is 1.40. The van der Waals surface area contributed by atoms with Gasteiger partial charge in [0, 0.05) is 11.6 Å². The molecule has 2 N–H and O–H groups in total. The summed E-state index contributed by atoms with van der Waals surface area (Å²) in [6, 6.07) is 18.6. The Bertz CT molecular complexity index is 1180. The Labute approximate surface area is 216 Å². The third kappa shape index (κ3) is 7.33. The van der Waals surface area contributed by atoms with Crippen LogP contribution in [0.5, 0.6) is 11.6 Å². The first-order valence-corrected chi connectivity index (χ1v) is 12.6. The van der Waals surface area contributed by atoms with E-state index in [0.717, 1.165) is 36.8 Å². The molecule has 1 amide bonds. The Morgan fingerprint density at radius 3 is 2.57 bits per heavy atom. The van der Waals surface area contributed by atoms with E-state index in [4.69, 9.17) is 14.2 Å². The van der Waals surface area contributed by atoms with Crippen molar-refractivity contribution in [1.82, 2.24) is 15.1 Å². The summed E-state index contributed by atoms with van der Waals surface area (Å²) in [6.45, 7) is 2.86. The zero-order valence-electron chi connectivity index (χ0n) is 21.0. The Morgan fingerprint density at radius 2 is 1.78 bits per heavy atom. The van der Waals surface area contributed by atoms with Crippen LogP contribution in [-0.4, -0.2) is 45.5 Å². The van der Waals surface area contributed by atoms with Crippen LogP contribution in [0, 0.1) is 0 Å². The molecule has 3 aromatic rings. The van der Waals surface area contributed by atoms with Gasteiger partial charge in [-0.1, -0.05) is 61.4 Å². The number of nitrogens with one attached hydrogen (secondary N) is 1. The molecule has 1 fully saturated rings. The van der Waals surface area contributed by atoms with E-state index in [2.05, 4.69) is 10.4 Å². The number of aromatic nitrogens is 2. The van der Waals surface area contributed by atoms with Crippen molar-refractivity contribution in [3.05, 3.63) is 77.5 Å². The van der Waals surface area contributed by atoms with Crippen LogP contribution in [0.2, 0.25) is 0 Å². The maximum atomic E-state index is 13.0. The predicted molar refractivity (Wildman–Crippen MR) is 137 cm³/mol. The third-order valence-corrected chi connectivity index (χ3v) is 6.26. The van der Waals surface area contributed by atoms with Gasteiger partial charge in [-0.2, -0.15) is 5.10 Å². The number of nitrogens with zero attached hydrogens (tertiary/aromatic N) is 2. The molecular weight excluding hydrogens is 474 g/mol. The number of carbonyl (C=O) groups excluding carboxylic acids is 1. The Hall–Kier alpha value is -3.85. The lowest BCUT2D eigenvalue weighted by Gasteiger charge is -2.32. The summed E-state index contributed by atoms with van der Waals surface area (Å²) >= 11 is 0. The highest BCUT2D eigenvalue weighted by Crippen LogP contribution is 2.24. The molecule has 0 spiro atoms. The summed E-state index contributed by atoms with van der Waals surface area (Å²) in [6.07, 6.45) is 3.66. The maximum absolute atomic E-state index is 13.0. The molecule has 1 aliphatic rings. The number of carboxylic acids is 1. The highest BCUT2D eigenvalue weighted by molar-refractivity contribution is 5.85. The molecule has 1 heterocycles. The lowest BCUT2D eigenvalue weighted by molar-refractivity contribution is -0.124. The molecule has 9 heteroatoms. The number of benzene rings is 2. The van der Waals surface area contributed by atoms with Gasteiger partial charge in [0.1, 0.15) is 18.9 Å². The number of amides is 1. The second kappa shape index (κ2) is 12.9. The van der Waals surface area contributed by atoms with E-state index < -0.39 is 5.97 Å². The first kappa shape index (κ1) is 26.2. The minimum Gasteiger partial charge on any atom is -0.493 e. The Kier molecular flexibility index (Phi) is 9.15. The second-order valence-electron chi connectivity index (χ2n) is 8.95. The summed E-state index contributed by atoms with van der Waals surface area (Å²) in [5, 5.41) is 16.6. The highest BCUT2D eigenvalue weighted by atomic mass is 16.5. The smallest absolute Gasteiger partial charge is 0.356 e. The zero-order valence-corrected chi connectivity index (χ0v) is 21.0. The molecule has 37 heavy (non-hydrogen) atoms. The number of aromatic carboxylic acids is 1. The van der Waals surface area contributed by atoms with Gasteiger partial charge in [-0.25, -0.2) is 9.48 Å². The average Bonchev–Trinajstić information content (AvgIpc) is 3.31. The topological polar surface area (TPSA) is 112 Å². The van der Waals surface area contributed by atoms with Crippen molar-refractivity contribution in [3.8, 4) is 11.6 Å². The molecule has 196 valence electrons. The fourth-order valence-electron chi connectivity index (χ4n) is 4.43. The van der Waals surface area contributed by atoms with Crippen LogP contribution in [0.25, 0.3) is 0 Å². The van der Waals surface area contributed by atoms with Gasteiger partial charge in [0.25, 0.3) is 0 Å². The zero-order chi connectivity index (χ0) is 26.0. The number of hydrogen-bond donors (Lipinski definition) is 2. The lowest BCUT2D eigenvalue weighted by atomic mass is 9.92. The summed E-state index contributed by atoms with van der Waals surface area (Å²) in [5.41, 5.74) is 1.70. The van der Waals surface area contributed by atoms with Gasteiger partial charge in [0.05, 0.1) is 25.4 Å². The van der Waals surface area contributed by atoms with Crippen molar-refractivity contribution in [3.63, 3.8) is 0 Å². The first-order valence-electron chi connectivity index (χ1n) is 12.6. The summed E-state index contributed by atoms with van der Waals surface area (Å²) in [5.74, 6) is -0.592.